The van der Waals surface area contributed by atoms with Crippen molar-refractivity contribution in [2.75, 3.05) is 76.4 Å². The van der Waals surface area contributed by atoms with Crippen LogP contribution < -0.4 is 16.0 Å². The summed E-state index contributed by atoms with van der Waals surface area (Å²) in [4.78, 5) is 15.4. The van der Waals surface area contributed by atoms with E-state index in [2.05, 4.69) is 44.1 Å². The highest BCUT2D eigenvalue weighted by Gasteiger charge is 2.18. The first-order chi connectivity index (χ1) is 9.58. The molecule has 0 bridgehead atoms. The van der Waals surface area contributed by atoms with Gasteiger partial charge in [-0.25, -0.2) is 0 Å². The minimum atomic E-state index is 0.321. The fourth-order valence-electron chi connectivity index (χ4n) is 2.28. The van der Waals surface area contributed by atoms with E-state index in [1.54, 1.807) is 0 Å². The topological polar surface area (TPSA) is 73.5 Å². The molecule has 112 valence electrons. The maximum absolute atomic E-state index is 5.75. The smallest absolute Gasteiger partial charge is 0.223 e. The third-order valence-corrected chi connectivity index (χ3v) is 3.55. The SMILES string of the molecule is CNc1cc(N2CCN(CCN(C)C)CC2)nc(N)n1. The van der Waals surface area contributed by atoms with Gasteiger partial charge in [-0.3, -0.25) is 4.90 Å². The highest BCUT2D eigenvalue weighted by Crippen LogP contribution is 2.18. The Balaban J connectivity index is 1.91. The number of rotatable bonds is 5. The van der Waals surface area contributed by atoms with Gasteiger partial charge in [0, 0.05) is 52.4 Å². The van der Waals surface area contributed by atoms with Crippen molar-refractivity contribution >= 4 is 17.6 Å². The second-order valence-electron chi connectivity index (χ2n) is 5.35. The molecule has 1 aliphatic heterocycles. The van der Waals surface area contributed by atoms with Crippen LogP contribution in [0.25, 0.3) is 0 Å². The number of hydrogen-bond acceptors (Lipinski definition) is 7. The van der Waals surface area contributed by atoms with Gasteiger partial charge in [-0.15, -0.1) is 0 Å². The van der Waals surface area contributed by atoms with Crippen LogP contribution in [0.5, 0.6) is 0 Å². The van der Waals surface area contributed by atoms with Gasteiger partial charge in [-0.2, -0.15) is 9.97 Å². The van der Waals surface area contributed by atoms with Crippen LogP contribution in [0.1, 0.15) is 0 Å². The van der Waals surface area contributed by atoms with Crippen LogP contribution in [0.3, 0.4) is 0 Å². The van der Waals surface area contributed by atoms with E-state index in [1.807, 2.05) is 13.1 Å². The molecule has 7 heteroatoms. The molecule has 0 radical (unpaired) electrons. The minimum absolute atomic E-state index is 0.321. The number of piperazine rings is 1. The van der Waals surface area contributed by atoms with E-state index < -0.39 is 0 Å². The lowest BCUT2D eigenvalue weighted by Gasteiger charge is -2.35. The van der Waals surface area contributed by atoms with Crippen molar-refractivity contribution in [1.29, 1.82) is 0 Å². The number of nitrogens with one attached hydrogen (secondary N) is 1. The molecule has 0 spiro atoms. The van der Waals surface area contributed by atoms with Gasteiger partial charge in [-0.05, 0) is 14.1 Å². The summed E-state index contributed by atoms with van der Waals surface area (Å²) in [5, 5.41) is 3.02. The first kappa shape index (κ1) is 14.8. The summed E-state index contributed by atoms with van der Waals surface area (Å²) in [7, 11) is 6.06. The number of anilines is 3. The van der Waals surface area contributed by atoms with E-state index in [0.717, 1.165) is 50.9 Å². The third-order valence-electron chi connectivity index (χ3n) is 3.55. The van der Waals surface area contributed by atoms with Crippen molar-refractivity contribution in [3.63, 3.8) is 0 Å². The molecule has 1 aliphatic rings. The number of likely N-dealkylation sites (N-methyl/N-ethyl adjacent to an activating group) is 1. The Morgan fingerprint density at radius 3 is 2.55 bits per heavy atom. The average Bonchev–Trinajstić information content (AvgIpc) is 2.45. The third kappa shape index (κ3) is 3.94. The summed E-state index contributed by atoms with van der Waals surface area (Å²) in [6.07, 6.45) is 0. The van der Waals surface area contributed by atoms with Crippen molar-refractivity contribution in [2.45, 2.75) is 0 Å². The van der Waals surface area contributed by atoms with Gasteiger partial charge < -0.3 is 20.9 Å². The van der Waals surface area contributed by atoms with Crippen LogP contribution in [0.2, 0.25) is 0 Å². The zero-order valence-corrected chi connectivity index (χ0v) is 12.6. The molecule has 0 aliphatic carbocycles. The van der Waals surface area contributed by atoms with Crippen LogP contribution in [-0.4, -0.2) is 80.2 Å². The second-order valence-corrected chi connectivity index (χ2v) is 5.35. The molecule has 0 atom stereocenters. The molecule has 2 heterocycles. The van der Waals surface area contributed by atoms with Crippen molar-refractivity contribution in [3.8, 4) is 0 Å². The summed E-state index contributed by atoms with van der Waals surface area (Å²) in [5.41, 5.74) is 5.75. The number of nitrogens with two attached hydrogens (primary N) is 1. The number of nitrogen functional groups attached to an aromatic ring is 1. The van der Waals surface area contributed by atoms with Gasteiger partial charge in [0.2, 0.25) is 5.95 Å². The first-order valence-electron chi connectivity index (χ1n) is 7.03. The lowest BCUT2D eigenvalue weighted by atomic mass is 10.3. The maximum Gasteiger partial charge on any atom is 0.223 e. The number of nitrogens with zero attached hydrogens (tertiary/aromatic N) is 5. The quantitative estimate of drug-likeness (QED) is 0.772. The van der Waals surface area contributed by atoms with E-state index in [9.17, 15) is 0 Å². The Labute approximate surface area is 120 Å². The summed E-state index contributed by atoms with van der Waals surface area (Å²) >= 11 is 0. The van der Waals surface area contributed by atoms with E-state index in [-0.39, 0.29) is 0 Å². The standard InChI is InChI=1S/C13H25N7/c1-15-11-10-12(17-13(14)16-11)20-8-6-19(7-9-20)5-4-18(2)3/h10H,4-9H2,1-3H3,(H3,14,15,16,17). The molecule has 3 N–H and O–H groups in total. The second kappa shape index (κ2) is 6.71. The van der Waals surface area contributed by atoms with Crippen LogP contribution >= 0.6 is 0 Å². The van der Waals surface area contributed by atoms with Gasteiger partial charge in [0.15, 0.2) is 0 Å². The molecule has 0 amide bonds. The fourth-order valence-corrected chi connectivity index (χ4v) is 2.28. The summed E-state index contributed by atoms with van der Waals surface area (Å²) in [6.45, 7) is 6.30. The molecule has 0 saturated carbocycles. The van der Waals surface area contributed by atoms with Gasteiger partial charge >= 0.3 is 0 Å². The maximum atomic E-state index is 5.75. The normalized spacial score (nSPS) is 16.7. The van der Waals surface area contributed by atoms with E-state index >= 15 is 0 Å². The van der Waals surface area contributed by atoms with E-state index in [1.165, 1.54) is 0 Å². The lowest BCUT2D eigenvalue weighted by Crippen LogP contribution is -2.48. The number of hydrogen-bond donors (Lipinski definition) is 2. The highest BCUT2D eigenvalue weighted by atomic mass is 15.3. The van der Waals surface area contributed by atoms with Gasteiger partial charge in [0.1, 0.15) is 11.6 Å². The van der Waals surface area contributed by atoms with Gasteiger partial charge in [-0.1, -0.05) is 0 Å². The molecule has 7 nitrogen and oxygen atoms in total. The predicted octanol–water partition coefficient (Wildman–Crippen LogP) is -0.216. The van der Waals surface area contributed by atoms with Crippen molar-refractivity contribution < 1.29 is 0 Å². The Bertz CT molecular complexity index is 427. The Morgan fingerprint density at radius 1 is 1.25 bits per heavy atom. The minimum Gasteiger partial charge on any atom is -0.373 e. The monoisotopic (exact) mass is 279 g/mol. The molecule has 1 aromatic heterocycles. The molecule has 1 saturated heterocycles. The van der Waals surface area contributed by atoms with Crippen LogP contribution in [-0.2, 0) is 0 Å². The molecular weight excluding hydrogens is 254 g/mol. The molecule has 1 aromatic rings. The Kier molecular flexibility index (Phi) is 4.97. The molecule has 0 unspecified atom stereocenters. The van der Waals surface area contributed by atoms with E-state index in [0.29, 0.717) is 5.95 Å². The van der Waals surface area contributed by atoms with Crippen molar-refractivity contribution in [3.05, 3.63) is 6.07 Å². The lowest BCUT2D eigenvalue weighted by molar-refractivity contribution is 0.229. The molecular formula is C13H25N7. The summed E-state index contributed by atoms with van der Waals surface area (Å²) < 4.78 is 0. The van der Waals surface area contributed by atoms with Crippen LogP contribution in [0, 0.1) is 0 Å². The Hall–Kier alpha value is -1.60. The zero-order valence-electron chi connectivity index (χ0n) is 12.6. The highest BCUT2D eigenvalue weighted by molar-refractivity contribution is 5.52. The molecule has 2 rings (SSSR count). The van der Waals surface area contributed by atoms with Gasteiger partial charge in [0.05, 0.1) is 0 Å². The fraction of sp³-hybridized carbons (Fsp3) is 0.692. The zero-order chi connectivity index (χ0) is 14.5. The largest absolute Gasteiger partial charge is 0.373 e. The van der Waals surface area contributed by atoms with Crippen LogP contribution in [0.15, 0.2) is 6.07 Å². The molecule has 0 aromatic carbocycles. The van der Waals surface area contributed by atoms with Gasteiger partial charge in [0.25, 0.3) is 0 Å². The van der Waals surface area contributed by atoms with Crippen LogP contribution in [0.4, 0.5) is 17.6 Å². The summed E-state index contributed by atoms with van der Waals surface area (Å²) in [5.74, 6) is 2.00. The van der Waals surface area contributed by atoms with Crippen molar-refractivity contribution in [2.24, 2.45) is 0 Å². The first-order valence-corrected chi connectivity index (χ1v) is 7.03. The van der Waals surface area contributed by atoms with Crippen molar-refractivity contribution in [1.82, 2.24) is 19.8 Å². The number of aromatic nitrogens is 2. The Morgan fingerprint density at radius 2 is 1.95 bits per heavy atom. The average molecular weight is 279 g/mol. The molecule has 20 heavy (non-hydrogen) atoms. The predicted molar refractivity (Wildman–Crippen MR) is 83.2 cm³/mol. The van der Waals surface area contributed by atoms with E-state index in [4.69, 9.17) is 5.73 Å². The summed E-state index contributed by atoms with van der Waals surface area (Å²) in [6, 6.07) is 1.95. The molecule has 1 fully saturated rings.